The number of nitrogens with one attached hydrogen (secondary N) is 2. The van der Waals surface area contributed by atoms with Crippen LogP contribution in [0.25, 0.3) is 10.2 Å². The zero-order valence-electron chi connectivity index (χ0n) is 11.8. The van der Waals surface area contributed by atoms with Crippen LogP contribution in [-0.4, -0.2) is 15.5 Å². The minimum atomic E-state index is -0.603. The van der Waals surface area contributed by atoms with Gasteiger partial charge in [-0.25, -0.2) is 9.36 Å². The van der Waals surface area contributed by atoms with Crippen molar-refractivity contribution >= 4 is 39.1 Å². The number of halogens is 1. The Balaban J connectivity index is 1.77. The van der Waals surface area contributed by atoms with E-state index in [0.717, 1.165) is 10.1 Å². The number of H-pyrrole nitrogens is 1. The van der Waals surface area contributed by atoms with Crippen molar-refractivity contribution in [1.29, 1.82) is 0 Å². The van der Waals surface area contributed by atoms with Crippen LogP contribution < -0.4 is 16.6 Å². The zero-order chi connectivity index (χ0) is 16.4. The number of hydrogen-bond donors (Lipinski definition) is 2. The van der Waals surface area contributed by atoms with Gasteiger partial charge in [0.05, 0.1) is 5.52 Å². The van der Waals surface area contributed by atoms with Crippen molar-refractivity contribution in [3.63, 3.8) is 0 Å². The predicted molar refractivity (Wildman–Crippen MR) is 90.0 cm³/mol. The minimum Gasteiger partial charge on any atom is -0.350 e. The molecule has 1 aromatic carbocycles. The van der Waals surface area contributed by atoms with Crippen molar-refractivity contribution in [2.24, 2.45) is 0 Å². The molecule has 0 bridgehead atoms. The summed E-state index contributed by atoms with van der Waals surface area (Å²) in [5, 5.41) is 4.91. The van der Waals surface area contributed by atoms with E-state index in [-0.39, 0.29) is 13.1 Å². The highest BCUT2D eigenvalue weighted by Crippen LogP contribution is 2.14. The van der Waals surface area contributed by atoms with E-state index in [2.05, 4.69) is 10.3 Å². The summed E-state index contributed by atoms with van der Waals surface area (Å²) >= 11 is 7.23. The molecule has 8 heteroatoms. The van der Waals surface area contributed by atoms with Gasteiger partial charge < -0.3 is 10.3 Å². The molecule has 0 radical (unpaired) electrons. The number of carbonyl (C=O) groups excluding carboxylic acids is 1. The summed E-state index contributed by atoms with van der Waals surface area (Å²) in [6, 6.07) is 8.78. The van der Waals surface area contributed by atoms with Crippen molar-refractivity contribution in [2.75, 3.05) is 0 Å². The molecule has 0 unspecified atom stereocenters. The van der Waals surface area contributed by atoms with Crippen molar-refractivity contribution < 1.29 is 4.79 Å². The molecular formula is C15H12ClN3O3S. The lowest BCUT2D eigenvalue weighted by Gasteiger charge is -2.08. The Morgan fingerprint density at radius 2 is 2.04 bits per heavy atom. The molecule has 2 heterocycles. The summed E-state index contributed by atoms with van der Waals surface area (Å²) in [5.41, 5.74) is 0.177. The lowest BCUT2D eigenvalue weighted by Crippen LogP contribution is -2.40. The maximum absolute atomic E-state index is 12.2. The third-order valence-electron chi connectivity index (χ3n) is 3.33. The maximum Gasteiger partial charge on any atom is 0.329 e. The van der Waals surface area contributed by atoms with Crippen molar-refractivity contribution in [3.8, 4) is 0 Å². The van der Waals surface area contributed by atoms with Gasteiger partial charge in [-0.1, -0.05) is 29.8 Å². The van der Waals surface area contributed by atoms with Gasteiger partial charge in [-0.15, -0.1) is 11.3 Å². The Morgan fingerprint density at radius 1 is 1.26 bits per heavy atom. The Bertz CT molecular complexity index is 989. The molecule has 118 valence electrons. The first-order chi connectivity index (χ1) is 11.1. The Morgan fingerprint density at radius 3 is 2.83 bits per heavy atom. The number of carbonyl (C=O) groups is 1. The predicted octanol–water partition coefficient (Wildman–Crippen LogP) is 1.72. The molecule has 2 N–H and O–H groups in total. The summed E-state index contributed by atoms with van der Waals surface area (Å²) in [7, 11) is 0. The van der Waals surface area contributed by atoms with Gasteiger partial charge in [0.15, 0.2) is 0 Å². The molecule has 0 fully saturated rings. The summed E-state index contributed by atoms with van der Waals surface area (Å²) < 4.78 is 1.31. The van der Waals surface area contributed by atoms with E-state index in [1.165, 1.54) is 11.3 Å². The van der Waals surface area contributed by atoms with Crippen LogP contribution in [0.4, 0.5) is 0 Å². The quantitative estimate of drug-likeness (QED) is 0.752. The van der Waals surface area contributed by atoms with Gasteiger partial charge in [0, 0.05) is 11.6 Å². The summed E-state index contributed by atoms with van der Waals surface area (Å²) in [4.78, 5) is 38.7. The van der Waals surface area contributed by atoms with Crippen LogP contribution in [0.1, 0.15) is 5.56 Å². The molecule has 0 spiro atoms. The van der Waals surface area contributed by atoms with Crippen LogP contribution in [0.5, 0.6) is 0 Å². The smallest absolute Gasteiger partial charge is 0.329 e. The Kier molecular flexibility index (Phi) is 4.31. The SMILES string of the molecule is O=C(Cn1c(=O)[nH]c2ccsc2c1=O)NCc1ccccc1Cl. The van der Waals surface area contributed by atoms with Gasteiger partial charge in [-0.2, -0.15) is 0 Å². The fraction of sp³-hybridized carbons (Fsp3) is 0.133. The van der Waals surface area contributed by atoms with E-state index in [1.807, 2.05) is 6.07 Å². The number of hydrogen-bond acceptors (Lipinski definition) is 4. The van der Waals surface area contributed by atoms with E-state index in [1.54, 1.807) is 29.6 Å². The highest BCUT2D eigenvalue weighted by Gasteiger charge is 2.12. The molecule has 3 aromatic rings. The number of rotatable bonds is 4. The lowest BCUT2D eigenvalue weighted by molar-refractivity contribution is -0.121. The fourth-order valence-electron chi connectivity index (χ4n) is 2.15. The second-order valence-electron chi connectivity index (χ2n) is 4.85. The van der Waals surface area contributed by atoms with E-state index in [0.29, 0.717) is 15.2 Å². The monoisotopic (exact) mass is 349 g/mol. The molecule has 2 aromatic heterocycles. The summed E-state index contributed by atoms with van der Waals surface area (Å²) in [5.74, 6) is -0.437. The van der Waals surface area contributed by atoms with Crippen LogP contribution in [0.2, 0.25) is 5.02 Å². The zero-order valence-corrected chi connectivity index (χ0v) is 13.4. The lowest BCUT2D eigenvalue weighted by atomic mass is 10.2. The molecule has 0 aliphatic carbocycles. The first-order valence-corrected chi connectivity index (χ1v) is 8.02. The van der Waals surface area contributed by atoms with E-state index in [9.17, 15) is 14.4 Å². The van der Waals surface area contributed by atoms with Gasteiger partial charge in [-0.3, -0.25) is 9.59 Å². The number of aromatic nitrogens is 2. The van der Waals surface area contributed by atoms with Crippen molar-refractivity contribution in [3.05, 3.63) is 67.1 Å². The molecule has 0 aliphatic heterocycles. The Hall–Kier alpha value is -2.38. The molecule has 1 amide bonds. The minimum absolute atomic E-state index is 0.229. The van der Waals surface area contributed by atoms with Crippen molar-refractivity contribution in [1.82, 2.24) is 14.9 Å². The van der Waals surface area contributed by atoms with Crippen LogP contribution in [0.15, 0.2) is 45.3 Å². The molecule has 0 saturated heterocycles. The third-order valence-corrected chi connectivity index (χ3v) is 4.60. The van der Waals surface area contributed by atoms with Gasteiger partial charge >= 0.3 is 5.69 Å². The number of amides is 1. The van der Waals surface area contributed by atoms with E-state index >= 15 is 0 Å². The van der Waals surface area contributed by atoms with Gasteiger partial charge in [0.2, 0.25) is 5.91 Å². The largest absolute Gasteiger partial charge is 0.350 e. The molecule has 23 heavy (non-hydrogen) atoms. The fourth-order valence-corrected chi connectivity index (χ4v) is 3.15. The van der Waals surface area contributed by atoms with Crippen LogP contribution in [0, 0.1) is 0 Å². The van der Waals surface area contributed by atoms with Gasteiger partial charge in [0.1, 0.15) is 11.2 Å². The number of benzene rings is 1. The van der Waals surface area contributed by atoms with Gasteiger partial charge in [-0.05, 0) is 23.1 Å². The second kappa shape index (κ2) is 6.39. The second-order valence-corrected chi connectivity index (χ2v) is 6.18. The molecule has 0 atom stereocenters. The number of fused-ring (bicyclic) bond motifs is 1. The number of thiophene rings is 1. The summed E-state index contributed by atoms with van der Waals surface area (Å²) in [6.45, 7) is -0.112. The van der Waals surface area contributed by atoms with E-state index < -0.39 is 17.2 Å². The molecule has 0 saturated carbocycles. The van der Waals surface area contributed by atoms with Crippen molar-refractivity contribution in [2.45, 2.75) is 13.1 Å². The van der Waals surface area contributed by atoms with Crippen LogP contribution in [-0.2, 0) is 17.9 Å². The highest BCUT2D eigenvalue weighted by atomic mass is 35.5. The topological polar surface area (TPSA) is 84.0 Å². The normalized spacial score (nSPS) is 10.8. The van der Waals surface area contributed by atoms with Crippen LogP contribution >= 0.6 is 22.9 Å². The highest BCUT2D eigenvalue weighted by molar-refractivity contribution is 7.17. The standard InChI is InChI=1S/C15H12ClN3O3S/c16-10-4-2-1-3-9(10)7-17-12(20)8-19-14(21)13-11(5-6-23-13)18-15(19)22/h1-6H,7-8H2,(H,17,20)(H,18,22). The molecule has 0 aliphatic rings. The number of aromatic amines is 1. The first-order valence-electron chi connectivity index (χ1n) is 6.76. The average Bonchev–Trinajstić information content (AvgIpc) is 2.99. The summed E-state index contributed by atoms with van der Waals surface area (Å²) in [6.07, 6.45) is 0. The van der Waals surface area contributed by atoms with Gasteiger partial charge in [0.25, 0.3) is 5.56 Å². The number of nitrogens with zero attached hydrogens (tertiary/aromatic N) is 1. The Labute approximate surface area is 139 Å². The maximum atomic E-state index is 12.2. The first kappa shape index (κ1) is 15.5. The van der Waals surface area contributed by atoms with Crippen LogP contribution in [0.3, 0.4) is 0 Å². The van der Waals surface area contributed by atoms with E-state index in [4.69, 9.17) is 11.6 Å². The molecule has 3 rings (SSSR count). The molecular weight excluding hydrogens is 338 g/mol. The third kappa shape index (κ3) is 3.20. The molecule has 6 nitrogen and oxygen atoms in total. The average molecular weight is 350 g/mol.